The summed E-state index contributed by atoms with van der Waals surface area (Å²) in [5.74, 6) is -1.64. The van der Waals surface area contributed by atoms with Gasteiger partial charge in [-0.2, -0.15) is 0 Å². The molecule has 0 aliphatic carbocycles. The molecule has 9 heteroatoms. The van der Waals surface area contributed by atoms with E-state index in [1.807, 2.05) is 4.90 Å². The van der Waals surface area contributed by atoms with Crippen molar-refractivity contribution in [1.29, 1.82) is 0 Å². The number of carbonyl (C=O) groups is 3. The molecule has 0 spiro atoms. The van der Waals surface area contributed by atoms with Gasteiger partial charge in [0, 0.05) is 40.8 Å². The summed E-state index contributed by atoms with van der Waals surface area (Å²) in [6, 6.07) is 0. The molecular formula is C15H27NO8. The van der Waals surface area contributed by atoms with Gasteiger partial charge in [-0.25, -0.2) is 4.79 Å². The topological polar surface area (TPSA) is 101 Å². The van der Waals surface area contributed by atoms with Crippen molar-refractivity contribution in [2.24, 2.45) is 0 Å². The Morgan fingerprint density at radius 3 is 1.79 bits per heavy atom. The van der Waals surface area contributed by atoms with Gasteiger partial charge < -0.3 is 23.7 Å². The molecule has 0 bridgehead atoms. The standard InChI is InChI=1S/C15H27NO8/c1-13(17)24-12-15(19)23-11-10-22-14(18)4-5-16(6-8-20-2)7-9-21-3/h4-12H2,1-3H3. The van der Waals surface area contributed by atoms with Gasteiger partial charge in [0.1, 0.15) is 13.2 Å². The maximum absolute atomic E-state index is 11.6. The highest BCUT2D eigenvalue weighted by Crippen LogP contribution is 1.95. The number of methoxy groups -OCH3 is 2. The van der Waals surface area contributed by atoms with Gasteiger partial charge in [-0.15, -0.1) is 0 Å². The number of hydrogen-bond donors (Lipinski definition) is 0. The Bertz CT molecular complexity index is 366. The lowest BCUT2D eigenvalue weighted by molar-refractivity contribution is -0.160. The van der Waals surface area contributed by atoms with Crippen LogP contribution < -0.4 is 0 Å². The zero-order valence-electron chi connectivity index (χ0n) is 14.6. The van der Waals surface area contributed by atoms with E-state index in [1.54, 1.807) is 14.2 Å². The summed E-state index contributed by atoms with van der Waals surface area (Å²) in [5, 5.41) is 0. The molecule has 24 heavy (non-hydrogen) atoms. The van der Waals surface area contributed by atoms with Gasteiger partial charge in [-0.05, 0) is 0 Å². The van der Waals surface area contributed by atoms with Gasteiger partial charge in [0.15, 0.2) is 6.61 Å². The molecule has 0 aromatic carbocycles. The SMILES string of the molecule is COCCN(CCOC)CCC(=O)OCCOC(=O)COC(C)=O. The Morgan fingerprint density at radius 2 is 1.29 bits per heavy atom. The summed E-state index contributed by atoms with van der Waals surface area (Å²) in [4.78, 5) is 35.3. The summed E-state index contributed by atoms with van der Waals surface area (Å²) >= 11 is 0. The lowest BCUT2D eigenvalue weighted by atomic mass is 10.3. The van der Waals surface area contributed by atoms with E-state index < -0.39 is 18.5 Å². The molecular weight excluding hydrogens is 322 g/mol. The zero-order valence-corrected chi connectivity index (χ0v) is 14.6. The van der Waals surface area contributed by atoms with Crippen LogP contribution in [0.2, 0.25) is 0 Å². The Balaban J connectivity index is 3.78. The molecule has 0 atom stereocenters. The van der Waals surface area contributed by atoms with Crippen LogP contribution in [-0.2, 0) is 38.1 Å². The van der Waals surface area contributed by atoms with Gasteiger partial charge in [0.25, 0.3) is 0 Å². The summed E-state index contributed by atoms with van der Waals surface area (Å²) in [5.41, 5.74) is 0. The van der Waals surface area contributed by atoms with E-state index in [4.69, 9.17) is 18.9 Å². The fraction of sp³-hybridized carbons (Fsp3) is 0.800. The Hall–Kier alpha value is -1.71. The predicted molar refractivity (Wildman–Crippen MR) is 83.4 cm³/mol. The first kappa shape index (κ1) is 22.3. The first-order chi connectivity index (χ1) is 11.5. The Labute approximate surface area is 142 Å². The van der Waals surface area contributed by atoms with Crippen LogP contribution in [0.5, 0.6) is 0 Å². The quantitative estimate of drug-likeness (QED) is 0.236. The first-order valence-electron chi connectivity index (χ1n) is 7.64. The molecule has 9 nitrogen and oxygen atoms in total. The van der Waals surface area contributed by atoms with Crippen LogP contribution in [-0.4, -0.2) is 89.7 Å². The average molecular weight is 349 g/mol. The average Bonchev–Trinajstić information content (AvgIpc) is 2.56. The van der Waals surface area contributed by atoms with Crippen molar-refractivity contribution in [3.8, 4) is 0 Å². The molecule has 0 aliphatic rings. The smallest absolute Gasteiger partial charge is 0.344 e. The molecule has 0 rings (SSSR count). The summed E-state index contributed by atoms with van der Waals surface area (Å²) in [6.45, 7) is 3.67. The third kappa shape index (κ3) is 13.9. The highest BCUT2D eigenvalue weighted by Gasteiger charge is 2.10. The maximum atomic E-state index is 11.6. The van der Waals surface area contributed by atoms with Gasteiger partial charge in [0.05, 0.1) is 19.6 Å². The van der Waals surface area contributed by atoms with Crippen LogP contribution in [0.1, 0.15) is 13.3 Å². The molecule has 0 N–H and O–H groups in total. The van der Waals surface area contributed by atoms with E-state index in [9.17, 15) is 14.4 Å². The van der Waals surface area contributed by atoms with Crippen LogP contribution in [0.15, 0.2) is 0 Å². The number of ether oxygens (including phenoxy) is 5. The fourth-order valence-electron chi connectivity index (χ4n) is 1.61. The molecule has 0 aromatic rings. The third-order valence-electron chi connectivity index (χ3n) is 2.86. The van der Waals surface area contributed by atoms with Crippen LogP contribution >= 0.6 is 0 Å². The number of nitrogens with zero attached hydrogens (tertiary/aromatic N) is 1. The van der Waals surface area contributed by atoms with E-state index in [0.29, 0.717) is 32.8 Å². The normalized spacial score (nSPS) is 10.5. The van der Waals surface area contributed by atoms with E-state index in [0.717, 1.165) is 0 Å². The fourth-order valence-corrected chi connectivity index (χ4v) is 1.61. The highest BCUT2D eigenvalue weighted by molar-refractivity contribution is 5.75. The van der Waals surface area contributed by atoms with Crippen LogP contribution in [0, 0.1) is 0 Å². The minimum Gasteiger partial charge on any atom is -0.462 e. The maximum Gasteiger partial charge on any atom is 0.344 e. The summed E-state index contributed by atoms with van der Waals surface area (Å²) in [6.07, 6.45) is 0.217. The third-order valence-corrected chi connectivity index (χ3v) is 2.86. The minimum absolute atomic E-state index is 0.0409. The monoisotopic (exact) mass is 349 g/mol. The minimum atomic E-state index is -0.688. The van der Waals surface area contributed by atoms with Gasteiger partial charge in [-0.3, -0.25) is 14.5 Å². The number of hydrogen-bond acceptors (Lipinski definition) is 9. The molecule has 0 aliphatic heterocycles. The van der Waals surface area contributed by atoms with Crippen molar-refractivity contribution in [1.82, 2.24) is 4.90 Å². The molecule has 0 saturated carbocycles. The van der Waals surface area contributed by atoms with Crippen LogP contribution in [0.4, 0.5) is 0 Å². The number of rotatable bonds is 14. The van der Waals surface area contributed by atoms with E-state index >= 15 is 0 Å². The largest absolute Gasteiger partial charge is 0.462 e. The predicted octanol–water partition coefficient (Wildman–Crippen LogP) is -0.379. The molecule has 0 fully saturated rings. The first-order valence-corrected chi connectivity index (χ1v) is 7.64. The molecule has 140 valence electrons. The molecule has 0 saturated heterocycles. The molecule has 0 aromatic heterocycles. The van der Waals surface area contributed by atoms with Gasteiger partial charge in [-0.1, -0.05) is 0 Å². The lowest BCUT2D eigenvalue weighted by Gasteiger charge is -2.20. The second-order valence-corrected chi connectivity index (χ2v) is 4.80. The van der Waals surface area contributed by atoms with Crippen molar-refractivity contribution in [3.05, 3.63) is 0 Å². The number of carbonyl (C=O) groups excluding carboxylic acids is 3. The van der Waals surface area contributed by atoms with E-state index in [2.05, 4.69) is 4.74 Å². The zero-order chi connectivity index (χ0) is 18.2. The van der Waals surface area contributed by atoms with Crippen LogP contribution in [0.3, 0.4) is 0 Å². The van der Waals surface area contributed by atoms with E-state index in [-0.39, 0.29) is 25.6 Å². The lowest BCUT2D eigenvalue weighted by Crippen LogP contribution is -2.33. The second-order valence-electron chi connectivity index (χ2n) is 4.80. The van der Waals surface area contributed by atoms with Crippen molar-refractivity contribution in [2.75, 3.05) is 66.9 Å². The van der Waals surface area contributed by atoms with Crippen molar-refractivity contribution in [2.45, 2.75) is 13.3 Å². The van der Waals surface area contributed by atoms with Gasteiger partial charge >= 0.3 is 17.9 Å². The van der Waals surface area contributed by atoms with Crippen molar-refractivity contribution in [3.63, 3.8) is 0 Å². The Kier molecular flexibility index (Phi) is 13.8. The number of esters is 3. The highest BCUT2D eigenvalue weighted by atomic mass is 16.6. The Morgan fingerprint density at radius 1 is 0.750 bits per heavy atom. The van der Waals surface area contributed by atoms with Crippen molar-refractivity contribution >= 4 is 17.9 Å². The molecule has 0 unspecified atom stereocenters. The second kappa shape index (κ2) is 14.9. The molecule has 0 heterocycles. The van der Waals surface area contributed by atoms with Crippen LogP contribution in [0.25, 0.3) is 0 Å². The van der Waals surface area contributed by atoms with E-state index in [1.165, 1.54) is 6.92 Å². The summed E-state index contributed by atoms with van der Waals surface area (Å²) < 4.78 is 24.2. The van der Waals surface area contributed by atoms with Gasteiger partial charge in [0.2, 0.25) is 0 Å². The molecule has 0 amide bonds. The molecule has 0 radical (unpaired) electrons. The summed E-state index contributed by atoms with van der Waals surface area (Å²) in [7, 11) is 3.23. The van der Waals surface area contributed by atoms with Crippen molar-refractivity contribution < 1.29 is 38.1 Å².